The molecule has 3 aromatic rings. The average molecular weight is 356 g/mol. The zero-order chi connectivity index (χ0) is 18.1. The highest BCUT2D eigenvalue weighted by Crippen LogP contribution is 2.33. The highest BCUT2D eigenvalue weighted by molar-refractivity contribution is 7.21. The quantitative estimate of drug-likeness (QED) is 0.760. The third-order valence-corrected chi connectivity index (χ3v) is 5.16. The van der Waals surface area contributed by atoms with Crippen LogP contribution in [0.5, 0.6) is 0 Å². The van der Waals surface area contributed by atoms with Crippen LogP contribution >= 0.6 is 11.3 Å². The highest BCUT2D eigenvalue weighted by Gasteiger charge is 2.18. The van der Waals surface area contributed by atoms with E-state index in [4.69, 9.17) is 0 Å². The second-order valence-electron chi connectivity index (χ2n) is 5.90. The largest absolute Gasteiger partial charge is 0.345 e. The number of carbonyl (C=O) groups is 2. The Morgan fingerprint density at radius 2 is 1.76 bits per heavy atom. The summed E-state index contributed by atoms with van der Waals surface area (Å²) in [4.78, 5) is 26.4. The van der Waals surface area contributed by atoms with Crippen molar-refractivity contribution in [1.29, 1.82) is 0 Å². The van der Waals surface area contributed by atoms with Gasteiger partial charge in [-0.1, -0.05) is 6.07 Å². The molecule has 0 aliphatic rings. The van der Waals surface area contributed by atoms with Gasteiger partial charge in [0.05, 0.1) is 4.88 Å². The summed E-state index contributed by atoms with van der Waals surface area (Å²) in [6.45, 7) is 1.75. The van der Waals surface area contributed by atoms with Gasteiger partial charge in [-0.2, -0.15) is 0 Å². The molecule has 4 nitrogen and oxygen atoms in total. The van der Waals surface area contributed by atoms with Crippen molar-refractivity contribution >= 4 is 38.9 Å². The third-order valence-electron chi connectivity index (χ3n) is 3.91. The summed E-state index contributed by atoms with van der Waals surface area (Å²) >= 11 is 1.26. The van der Waals surface area contributed by atoms with Crippen molar-refractivity contribution in [3.63, 3.8) is 0 Å². The summed E-state index contributed by atoms with van der Waals surface area (Å²) in [5, 5.41) is 3.29. The molecule has 0 spiro atoms. The molecular weight excluding hydrogens is 339 g/mol. The second kappa shape index (κ2) is 6.64. The molecule has 1 aromatic heterocycles. The number of thiophene rings is 1. The molecule has 0 saturated heterocycles. The van der Waals surface area contributed by atoms with Gasteiger partial charge in [-0.25, -0.2) is 4.39 Å². The molecule has 0 atom stereocenters. The monoisotopic (exact) mass is 356 g/mol. The van der Waals surface area contributed by atoms with Crippen LogP contribution < -0.4 is 5.32 Å². The predicted octanol–water partition coefficient (Wildman–Crippen LogP) is 4.30. The smallest absolute Gasteiger partial charge is 0.266 e. The Bertz CT molecular complexity index is 961. The molecule has 1 heterocycles. The van der Waals surface area contributed by atoms with Crippen molar-refractivity contribution in [3.05, 3.63) is 64.3 Å². The van der Waals surface area contributed by atoms with E-state index in [1.54, 1.807) is 57.4 Å². The van der Waals surface area contributed by atoms with Crippen molar-refractivity contribution in [2.75, 3.05) is 19.4 Å². The summed E-state index contributed by atoms with van der Waals surface area (Å²) in [5.41, 5.74) is 1.76. The summed E-state index contributed by atoms with van der Waals surface area (Å²) in [6.07, 6.45) is 0. The molecule has 0 aliphatic carbocycles. The maximum absolute atomic E-state index is 14.0. The lowest BCUT2D eigenvalue weighted by atomic mass is 10.1. The van der Waals surface area contributed by atoms with Crippen LogP contribution in [0.25, 0.3) is 10.1 Å². The first-order valence-corrected chi connectivity index (χ1v) is 8.51. The summed E-state index contributed by atoms with van der Waals surface area (Å²) in [6, 6.07) is 11.5. The number of rotatable bonds is 3. The first-order chi connectivity index (χ1) is 11.9. The SMILES string of the molecule is Cc1c(C(=O)Nc2ccc(C(=O)N(C)C)cc2)sc2cccc(F)c12. The zero-order valence-corrected chi connectivity index (χ0v) is 14.9. The van der Waals surface area contributed by atoms with Crippen LogP contribution in [-0.4, -0.2) is 30.8 Å². The maximum atomic E-state index is 14.0. The van der Waals surface area contributed by atoms with Gasteiger partial charge in [-0.3, -0.25) is 9.59 Å². The molecule has 1 N–H and O–H groups in total. The molecule has 0 bridgehead atoms. The van der Waals surface area contributed by atoms with Crippen LogP contribution in [0.3, 0.4) is 0 Å². The lowest BCUT2D eigenvalue weighted by molar-refractivity contribution is 0.0827. The number of aryl methyl sites for hydroxylation is 1. The lowest BCUT2D eigenvalue weighted by Crippen LogP contribution is -2.21. The summed E-state index contributed by atoms with van der Waals surface area (Å²) in [7, 11) is 3.36. The van der Waals surface area contributed by atoms with Crippen LogP contribution in [0.2, 0.25) is 0 Å². The fraction of sp³-hybridized carbons (Fsp3) is 0.158. The van der Waals surface area contributed by atoms with Crippen LogP contribution in [0, 0.1) is 12.7 Å². The average Bonchev–Trinajstić information content (AvgIpc) is 2.93. The minimum atomic E-state index is -0.322. The number of hydrogen-bond acceptors (Lipinski definition) is 3. The van der Waals surface area contributed by atoms with E-state index in [0.29, 0.717) is 27.1 Å². The Morgan fingerprint density at radius 1 is 1.08 bits per heavy atom. The number of amides is 2. The molecule has 0 aliphatic heterocycles. The number of carbonyl (C=O) groups excluding carboxylic acids is 2. The van der Waals surface area contributed by atoms with E-state index < -0.39 is 0 Å². The molecule has 0 saturated carbocycles. The van der Waals surface area contributed by atoms with E-state index in [9.17, 15) is 14.0 Å². The number of hydrogen-bond donors (Lipinski definition) is 1. The molecule has 25 heavy (non-hydrogen) atoms. The highest BCUT2D eigenvalue weighted by atomic mass is 32.1. The van der Waals surface area contributed by atoms with Gasteiger partial charge in [0.1, 0.15) is 5.82 Å². The summed E-state index contributed by atoms with van der Waals surface area (Å²) in [5.74, 6) is -0.713. The van der Waals surface area contributed by atoms with Gasteiger partial charge in [-0.05, 0) is 48.9 Å². The molecule has 2 amide bonds. The minimum Gasteiger partial charge on any atom is -0.345 e. The molecule has 0 radical (unpaired) electrons. The standard InChI is InChI=1S/C19H17FN2O2S/c1-11-16-14(20)5-4-6-15(16)25-17(11)18(23)21-13-9-7-12(8-10-13)19(24)22(2)3/h4-10H,1-3H3,(H,21,23). The first kappa shape index (κ1) is 17.1. The van der Waals surface area contributed by atoms with Gasteiger partial charge >= 0.3 is 0 Å². The van der Waals surface area contributed by atoms with E-state index >= 15 is 0 Å². The Morgan fingerprint density at radius 3 is 2.36 bits per heavy atom. The third kappa shape index (κ3) is 3.25. The normalized spacial score (nSPS) is 10.7. The molecule has 128 valence electrons. The van der Waals surface area contributed by atoms with Crippen molar-refractivity contribution in [2.24, 2.45) is 0 Å². The fourth-order valence-corrected chi connectivity index (χ4v) is 3.73. The number of fused-ring (bicyclic) bond motifs is 1. The van der Waals surface area contributed by atoms with Crippen molar-refractivity contribution in [3.8, 4) is 0 Å². The Hall–Kier alpha value is -2.73. The lowest BCUT2D eigenvalue weighted by Gasteiger charge is -2.11. The van der Waals surface area contributed by atoms with Gasteiger partial charge in [0.2, 0.25) is 0 Å². The van der Waals surface area contributed by atoms with Gasteiger partial charge in [-0.15, -0.1) is 11.3 Å². The van der Waals surface area contributed by atoms with Crippen molar-refractivity contribution in [2.45, 2.75) is 6.92 Å². The molecule has 3 rings (SSSR count). The number of anilines is 1. The molecular formula is C19H17FN2O2S. The number of halogens is 1. The predicted molar refractivity (Wildman–Crippen MR) is 98.9 cm³/mol. The van der Waals surface area contributed by atoms with Gasteiger partial charge in [0, 0.05) is 35.4 Å². The Kier molecular flexibility index (Phi) is 4.55. The Labute approximate surface area is 148 Å². The second-order valence-corrected chi connectivity index (χ2v) is 6.95. The van der Waals surface area contributed by atoms with Crippen molar-refractivity contribution in [1.82, 2.24) is 4.90 Å². The van der Waals surface area contributed by atoms with E-state index in [2.05, 4.69) is 5.32 Å². The zero-order valence-electron chi connectivity index (χ0n) is 14.1. The number of benzene rings is 2. The topological polar surface area (TPSA) is 49.4 Å². The molecule has 2 aromatic carbocycles. The van der Waals surface area contributed by atoms with E-state index in [1.165, 1.54) is 22.3 Å². The van der Waals surface area contributed by atoms with Gasteiger partial charge < -0.3 is 10.2 Å². The van der Waals surface area contributed by atoms with Crippen LogP contribution in [0.4, 0.5) is 10.1 Å². The van der Waals surface area contributed by atoms with Gasteiger partial charge in [0.15, 0.2) is 0 Å². The molecule has 0 fully saturated rings. The maximum Gasteiger partial charge on any atom is 0.266 e. The van der Waals surface area contributed by atoms with E-state index in [-0.39, 0.29) is 17.6 Å². The van der Waals surface area contributed by atoms with E-state index in [0.717, 1.165) is 4.70 Å². The van der Waals surface area contributed by atoms with E-state index in [1.807, 2.05) is 0 Å². The molecule has 6 heteroatoms. The van der Waals surface area contributed by atoms with Crippen molar-refractivity contribution < 1.29 is 14.0 Å². The van der Waals surface area contributed by atoms with Crippen LogP contribution in [0.15, 0.2) is 42.5 Å². The number of nitrogens with zero attached hydrogens (tertiary/aromatic N) is 1. The number of nitrogens with one attached hydrogen (secondary N) is 1. The first-order valence-electron chi connectivity index (χ1n) is 7.69. The van der Waals surface area contributed by atoms with Crippen LogP contribution in [-0.2, 0) is 0 Å². The molecule has 0 unspecified atom stereocenters. The summed E-state index contributed by atoms with van der Waals surface area (Å²) < 4.78 is 14.7. The Balaban J connectivity index is 1.84. The van der Waals surface area contributed by atoms with Crippen LogP contribution in [0.1, 0.15) is 25.6 Å². The van der Waals surface area contributed by atoms with Gasteiger partial charge in [0.25, 0.3) is 11.8 Å². The minimum absolute atomic E-state index is 0.103. The fourth-order valence-electron chi connectivity index (χ4n) is 2.61.